The minimum Gasteiger partial charge on any atom is -0.368 e. The molecule has 0 aliphatic carbocycles. The van der Waals surface area contributed by atoms with E-state index < -0.39 is 0 Å². The molecule has 4 heteroatoms. The molecule has 2 rings (SSSR count). The second kappa shape index (κ2) is 6.50. The summed E-state index contributed by atoms with van der Waals surface area (Å²) in [5.41, 5.74) is 0. The van der Waals surface area contributed by atoms with Gasteiger partial charge in [0.05, 0.1) is 12.2 Å². The summed E-state index contributed by atoms with van der Waals surface area (Å²) in [5, 5.41) is 3.41. The second-order valence-corrected chi connectivity index (χ2v) is 5.12. The number of nitrogens with one attached hydrogen (secondary N) is 1. The van der Waals surface area contributed by atoms with E-state index >= 15 is 0 Å². The summed E-state index contributed by atoms with van der Waals surface area (Å²) in [6.07, 6.45) is 3.57. The average molecular weight is 239 g/mol. The number of nitrogens with zero attached hydrogens (tertiary/aromatic N) is 2. The van der Waals surface area contributed by atoms with Crippen LogP contribution in [0.1, 0.15) is 6.42 Å². The molecule has 2 aliphatic heterocycles. The molecule has 0 unspecified atom stereocenters. The van der Waals surface area contributed by atoms with E-state index in [-0.39, 0.29) is 6.10 Å². The fourth-order valence-corrected chi connectivity index (χ4v) is 2.44. The Bertz CT molecular complexity index is 239. The lowest BCUT2D eigenvalue weighted by molar-refractivity contribution is -0.0220. The van der Waals surface area contributed by atoms with Crippen molar-refractivity contribution in [3.8, 4) is 0 Å². The molecule has 2 atom stereocenters. The third-order valence-corrected chi connectivity index (χ3v) is 3.71. The molecule has 0 aromatic rings. The Morgan fingerprint density at radius 3 is 2.76 bits per heavy atom. The first kappa shape index (κ1) is 13.0. The first-order valence-electron chi connectivity index (χ1n) is 6.67. The van der Waals surface area contributed by atoms with Crippen molar-refractivity contribution in [1.82, 2.24) is 15.1 Å². The molecule has 0 aromatic heterocycles. The first-order valence-corrected chi connectivity index (χ1v) is 6.67. The maximum absolute atomic E-state index is 5.93. The molecular formula is C13H25N3O. The fraction of sp³-hybridized carbons (Fsp3) is 0.846. The Hall–Kier alpha value is -0.420. The molecule has 2 fully saturated rings. The summed E-state index contributed by atoms with van der Waals surface area (Å²) in [6.45, 7) is 11.6. The number of hydrogen-bond donors (Lipinski definition) is 1. The minimum atomic E-state index is 0.196. The Balaban J connectivity index is 1.65. The summed E-state index contributed by atoms with van der Waals surface area (Å²) in [5.74, 6) is 0. The van der Waals surface area contributed by atoms with Crippen LogP contribution in [0.4, 0.5) is 0 Å². The summed E-state index contributed by atoms with van der Waals surface area (Å²) in [7, 11) is 2.19. The minimum absolute atomic E-state index is 0.196. The molecule has 0 aromatic carbocycles. The van der Waals surface area contributed by atoms with Crippen LogP contribution < -0.4 is 5.32 Å². The summed E-state index contributed by atoms with van der Waals surface area (Å²) >= 11 is 0. The predicted molar refractivity (Wildman–Crippen MR) is 70.3 cm³/mol. The quantitative estimate of drug-likeness (QED) is 0.708. The number of piperazine rings is 1. The van der Waals surface area contributed by atoms with Gasteiger partial charge < -0.3 is 19.9 Å². The van der Waals surface area contributed by atoms with E-state index in [0.717, 1.165) is 26.1 Å². The Morgan fingerprint density at radius 2 is 2.06 bits per heavy atom. The van der Waals surface area contributed by atoms with Gasteiger partial charge in [0.15, 0.2) is 0 Å². The summed E-state index contributed by atoms with van der Waals surface area (Å²) in [6, 6.07) is 0. The van der Waals surface area contributed by atoms with Crippen molar-refractivity contribution in [1.29, 1.82) is 0 Å². The van der Waals surface area contributed by atoms with Gasteiger partial charge >= 0.3 is 0 Å². The van der Waals surface area contributed by atoms with Crippen LogP contribution in [-0.2, 0) is 4.74 Å². The molecule has 1 N–H and O–H groups in total. The topological polar surface area (TPSA) is 27.7 Å². The van der Waals surface area contributed by atoms with Crippen molar-refractivity contribution in [2.24, 2.45) is 0 Å². The molecule has 0 radical (unpaired) electrons. The van der Waals surface area contributed by atoms with Crippen LogP contribution in [0.5, 0.6) is 0 Å². The van der Waals surface area contributed by atoms with Crippen LogP contribution in [0.3, 0.4) is 0 Å². The zero-order chi connectivity index (χ0) is 12.1. The molecule has 17 heavy (non-hydrogen) atoms. The van der Waals surface area contributed by atoms with Crippen molar-refractivity contribution in [2.75, 3.05) is 52.9 Å². The van der Waals surface area contributed by atoms with Crippen molar-refractivity contribution in [2.45, 2.75) is 18.6 Å². The molecule has 0 bridgehead atoms. The van der Waals surface area contributed by atoms with Gasteiger partial charge in [-0.15, -0.1) is 6.58 Å². The van der Waals surface area contributed by atoms with Crippen LogP contribution in [0.15, 0.2) is 12.7 Å². The van der Waals surface area contributed by atoms with Gasteiger partial charge in [-0.05, 0) is 13.5 Å². The standard InChI is InChI=1S/C13H25N3O/c1-3-12-10-14-11-13(17-12)4-5-16-8-6-15(2)7-9-16/h3,12-14H,1,4-11H2,2H3/t12-,13+/m1/s1. The van der Waals surface area contributed by atoms with E-state index in [9.17, 15) is 0 Å². The highest BCUT2D eigenvalue weighted by Gasteiger charge is 2.21. The Morgan fingerprint density at radius 1 is 1.29 bits per heavy atom. The van der Waals surface area contributed by atoms with E-state index in [4.69, 9.17) is 4.74 Å². The number of rotatable bonds is 4. The maximum atomic E-state index is 5.93. The van der Waals surface area contributed by atoms with Gasteiger partial charge in [0.2, 0.25) is 0 Å². The highest BCUT2D eigenvalue weighted by molar-refractivity contribution is 4.87. The molecular weight excluding hydrogens is 214 g/mol. The van der Waals surface area contributed by atoms with Crippen LogP contribution in [0.25, 0.3) is 0 Å². The molecule has 98 valence electrons. The van der Waals surface area contributed by atoms with E-state index in [1.165, 1.54) is 26.2 Å². The van der Waals surface area contributed by atoms with E-state index in [1.807, 2.05) is 6.08 Å². The maximum Gasteiger partial charge on any atom is 0.0882 e. The third-order valence-electron chi connectivity index (χ3n) is 3.71. The van der Waals surface area contributed by atoms with Crippen LogP contribution >= 0.6 is 0 Å². The number of hydrogen-bond acceptors (Lipinski definition) is 4. The van der Waals surface area contributed by atoms with E-state index in [2.05, 4.69) is 28.7 Å². The molecule has 0 amide bonds. The van der Waals surface area contributed by atoms with Gasteiger partial charge in [-0.3, -0.25) is 0 Å². The van der Waals surface area contributed by atoms with Crippen molar-refractivity contribution >= 4 is 0 Å². The highest BCUT2D eigenvalue weighted by Crippen LogP contribution is 2.10. The SMILES string of the molecule is C=C[C@@H]1CNC[C@H](CCN2CCN(C)CC2)O1. The smallest absolute Gasteiger partial charge is 0.0882 e. The average Bonchev–Trinajstić information content (AvgIpc) is 2.38. The van der Waals surface area contributed by atoms with E-state index in [1.54, 1.807) is 0 Å². The molecule has 4 nitrogen and oxygen atoms in total. The monoisotopic (exact) mass is 239 g/mol. The molecule has 2 heterocycles. The summed E-state index contributed by atoms with van der Waals surface area (Å²) < 4.78 is 5.93. The van der Waals surface area contributed by atoms with Gasteiger partial charge in [0.25, 0.3) is 0 Å². The van der Waals surface area contributed by atoms with Gasteiger partial charge in [-0.25, -0.2) is 0 Å². The molecule has 0 spiro atoms. The van der Waals surface area contributed by atoms with Crippen LogP contribution in [0.2, 0.25) is 0 Å². The van der Waals surface area contributed by atoms with Crippen molar-refractivity contribution in [3.63, 3.8) is 0 Å². The van der Waals surface area contributed by atoms with E-state index in [0.29, 0.717) is 6.10 Å². The lowest BCUT2D eigenvalue weighted by Crippen LogP contribution is -2.48. The molecule has 2 saturated heterocycles. The zero-order valence-electron chi connectivity index (χ0n) is 10.9. The van der Waals surface area contributed by atoms with Gasteiger partial charge in [-0.2, -0.15) is 0 Å². The molecule has 0 saturated carbocycles. The van der Waals surface area contributed by atoms with Crippen molar-refractivity contribution in [3.05, 3.63) is 12.7 Å². The zero-order valence-corrected chi connectivity index (χ0v) is 10.9. The number of morpholine rings is 1. The highest BCUT2D eigenvalue weighted by atomic mass is 16.5. The largest absolute Gasteiger partial charge is 0.368 e. The Kier molecular flexibility index (Phi) is 4.98. The molecule has 2 aliphatic rings. The normalized spacial score (nSPS) is 32.5. The lowest BCUT2D eigenvalue weighted by Gasteiger charge is -2.34. The van der Waals surface area contributed by atoms with Gasteiger partial charge in [-0.1, -0.05) is 6.08 Å². The van der Waals surface area contributed by atoms with Gasteiger partial charge in [0.1, 0.15) is 0 Å². The van der Waals surface area contributed by atoms with Gasteiger partial charge in [0, 0.05) is 45.8 Å². The predicted octanol–water partition coefficient (Wildman–Crippen LogP) is 0.167. The lowest BCUT2D eigenvalue weighted by atomic mass is 10.1. The number of ether oxygens (including phenoxy) is 1. The van der Waals surface area contributed by atoms with Crippen molar-refractivity contribution < 1.29 is 4.74 Å². The van der Waals surface area contributed by atoms with Crippen LogP contribution in [0, 0.1) is 0 Å². The third kappa shape index (κ3) is 4.07. The first-order chi connectivity index (χ1) is 8.28. The second-order valence-electron chi connectivity index (χ2n) is 5.12. The van der Waals surface area contributed by atoms with Crippen LogP contribution in [-0.4, -0.2) is 74.9 Å². The number of likely N-dealkylation sites (N-methyl/N-ethyl adjacent to an activating group) is 1. The summed E-state index contributed by atoms with van der Waals surface area (Å²) in [4.78, 5) is 4.93. The fourth-order valence-electron chi connectivity index (χ4n) is 2.44. The Labute approximate surface area is 105 Å².